The summed E-state index contributed by atoms with van der Waals surface area (Å²) in [6.45, 7) is 0.00147. The van der Waals surface area contributed by atoms with Crippen molar-refractivity contribution in [2.24, 2.45) is 4.99 Å². The van der Waals surface area contributed by atoms with Gasteiger partial charge in [-0.15, -0.1) is 0 Å². The molecule has 6 nitrogen and oxygen atoms in total. The second kappa shape index (κ2) is 4.20. The number of aliphatic imine (C=N–C) groups is 1. The average Bonchev–Trinajstić information content (AvgIpc) is 2.70. The summed E-state index contributed by atoms with van der Waals surface area (Å²) in [4.78, 5) is 13.5. The maximum atomic E-state index is 11.6. The van der Waals surface area contributed by atoms with E-state index >= 15 is 0 Å². The number of rotatable bonds is 3. The van der Waals surface area contributed by atoms with E-state index in [1.54, 1.807) is 0 Å². The van der Waals surface area contributed by atoms with Gasteiger partial charge in [-0.1, -0.05) is 0 Å². The molecule has 0 bridgehead atoms. The molecule has 1 aliphatic rings. The molecule has 0 spiro atoms. The fourth-order valence-corrected chi connectivity index (χ4v) is 2.47. The zero-order chi connectivity index (χ0) is 12.5. The molecule has 0 fully saturated rings. The first kappa shape index (κ1) is 11.6. The molecule has 1 aliphatic heterocycles. The van der Waals surface area contributed by atoms with Crippen molar-refractivity contribution in [1.29, 1.82) is 0 Å². The minimum atomic E-state index is -3.41. The number of ether oxygens (including phenoxy) is 2. The van der Waals surface area contributed by atoms with Crippen LogP contribution in [0.3, 0.4) is 0 Å². The van der Waals surface area contributed by atoms with Crippen molar-refractivity contribution in [2.75, 3.05) is 13.0 Å². The standard InChI is InChI=1S/C10H9NO5S/c1-17(13,14)10-3-9-8(15-6-16-9)2-7(10)4-11-5-12/h2-3H,4,6H2,1H3. The van der Waals surface area contributed by atoms with Gasteiger partial charge in [0.25, 0.3) is 0 Å². The number of isocyanates is 1. The molecule has 2 rings (SSSR count). The summed E-state index contributed by atoms with van der Waals surface area (Å²) >= 11 is 0. The highest BCUT2D eigenvalue weighted by atomic mass is 32.2. The number of fused-ring (bicyclic) bond motifs is 1. The summed E-state index contributed by atoms with van der Waals surface area (Å²) in [5, 5.41) is 0. The molecule has 0 N–H and O–H groups in total. The highest BCUT2D eigenvalue weighted by molar-refractivity contribution is 7.90. The molecule has 1 aromatic carbocycles. The number of hydrogen-bond acceptors (Lipinski definition) is 6. The van der Waals surface area contributed by atoms with Gasteiger partial charge in [-0.05, 0) is 11.6 Å². The summed E-state index contributed by atoms with van der Waals surface area (Å²) < 4.78 is 33.4. The molecule has 90 valence electrons. The molecule has 1 heterocycles. The van der Waals surface area contributed by atoms with Crippen LogP contribution in [-0.4, -0.2) is 27.5 Å². The Labute approximate surface area is 97.8 Å². The molecular formula is C10H9NO5S. The van der Waals surface area contributed by atoms with E-state index in [1.165, 1.54) is 18.2 Å². The number of nitrogens with zero attached hydrogens (tertiary/aromatic N) is 1. The number of benzene rings is 1. The Morgan fingerprint density at radius 3 is 2.59 bits per heavy atom. The van der Waals surface area contributed by atoms with Crippen molar-refractivity contribution < 1.29 is 22.7 Å². The Bertz CT molecular complexity index is 601. The van der Waals surface area contributed by atoms with Crippen LogP contribution in [0.15, 0.2) is 22.0 Å². The quantitative estimate of drug-likeness (QED) is 0.585. The lowest BCUT2D eigenvalue weighted by Crippen LogP contribution is -2.02. The first-order chi connectivity index (χ1) is 8.02. The van der Waals surface area contributed by atoms with Crippen molar-refractivity contribution in [1.82, 2.24) is 0 Å². The van der Waals surface area contributed by atoms with E-state index in [2.05, 4.69) is 4.99 Å². The van der Waals surface area contributed by atoms with Crippen LogP contribution in [0.5, 0.6) is 11.5 Å². The average molecular weight is 255 g/mol. The van der Waals surface area contributed by atoms with Crippen molar-refractivity contribution in [2.45, 2.75) is 11.4 Å². The van der Waals surface area contributed by atoms with Crippen LogP contribution < -0.4 is 9.47 Å². The third kappa shape index (κ3) is 2.30. The normalized spacial score (nSPS) is 13.2. The molecule has 1 aromatic rings. The van der Waals surface area contributed by atoms with Crippen LogP contribution in [0.25, 0.3) is 0 Å². The Morgan fingerprint density at radius 2 is 2.00 bits per heavy atom. The van der Waals surface area contributed by atoms with Gasteiger partial charge in [0, 0.05) is 12.3 Å². The maximum Gasteiger partial charge on any atom is 0.235 e. The molecule has 0 atom stereocenters. The van der Waals surface area contributed by atoms with Gasteiger partial charge in [-0.3, -0.25) is 0 Å². The van der Waals surface area contributed by atoms with Gasteiger partial charge in [0.15, 0.2) is 21.3 Å². The van der Waals surface area contributed by atoms with Crippen LogP contribution >= 0.6 is 0 Å². The lowest BCUT2D eigenvalue weighted by molar-refractivity contribution is 0.174. The first-order valence-electron chi connectivity index (χ1n) is 4.68. The Morgan fingerprint density at radius 1 is 1.35 bits per heavy atom. The number of sulfone groups is 1. The zero-order valence-electron chi connectivity index (χ0n) is 8.97. The lowest BCUT2D eigenvalue weighted by atomic mass is 10.2. The summed E-state index contributed by atoms with van der Waals surface area (Å²) in [5.74, 6) is 0.831. The number of hydrogen-bond donors (Lipinski definition) is 0. The predicted molar refractivity (Wildman–Crippen MR) is 57.5 cm³/mol. The van der Waals surface area contributed by atoms with Gasteiger partial charge in [0.05, 0.1) is 11.4 Å². The Balaban J connectivity index is 2.58. The van der Waals surface area contributed by atoms with Gasteiger partial charge in [-0.25, -0.2) is 18.2 Å². The van der Waals surface area contributed by atoms with E-state index in [4.69, 9.17) is 9.47 Å². The molecule has 0 saturated carbocycles. The Hall–Kier alpha value is -1.85. The van der Waals surface area contributed by atoms with Gasteiger partial charge < -0.3 is 9.47 Å². The minimum Gasteiger partial charge on any atom is -0.454 e. The van der Waals surface area contributed by atoms with E-state index < -0.39 is 9.84 Å². The van der Waals surface area contributed by atoms with Crippen molar-refractivity contribution in [3.05, 3.63) is 17.7 Å². The third-order valence-corrected chi connectivity index (χ3v) is 3.45. The molecule has 0 saturated heterocycles. The van der Waals surface area contributed by atoms with Crippen molar-refractivity contribution >= 4 is 15.9 Å². The second-order valence-corrected chi connectivity index (χ2v) is 5.48. The molecule has 7 heteroatoms. The van der Waals surface area contributed by atoms with Gasteiger partial charge >= 0.3 is 0 Å². The largest absolute Gasteiger partial charge is 0.454 e. The monoisotopic (exact) mass is 255 g/mol. The molecular weight excluding hydrogens is 246 g/mol. The molecule has 0 aromatic heterocycles. The third-order valence-electron chi connectivity index (χ3n) is 2.27. The number of carbonyl (C=O) groups excluding carboxylic acids is 1. The second-order valence-electron chi connectivity index (χ2n) is 3.49. The van der Waals surface area contributed by atoms with Crippen molar-refractivity contribution in [3.63, 3.8) is 0 Å². The van der Waals surface area contributed by atoms with E-state index in [1.807, 2.05) is 0 Å². The van der Waals surface area contributed by atoms with Gasteiger partial charge in [0.1, 0.15) is 0 Å². The highest BCUT2D eigenvalue weighted by Crippen LogP contribution is 2.36. The SMILES string of the molecule is CS(=O)(=O)c1cc2c(cc1CN=C=O)OCO2. The lowest BCUT2D eigenvalue weighted by Gasteiger charge is -2.06. The Kier molecular flexibility index (Phi) is 2.87. The van der Waals surface area contributed by atoms with Crippen LogP contribution in [0.2, 0.25) is 0 Å². The predicted octanol–water partition coefficient (Wildman–Crippen LogP) is 0.655. The highest BCUT2D eigenvalue weighted by Gasteiger charge is 2.21. The summed E-state index contributed by atoms with van der Waals surface area (Å²) in [6, 6.07) is 2.90. The van der Waals surface area contributed by atoms with Crippen LogP contribution in [-0.2, 0) is 21.2 Å². The molecule has 17 heavy (non-hydrogen) atoms. The molecule has 0 unspecified atom stereocenters. The summed E-state index contributed by atoms with van der Waals surface area (Å²) in [7, 11) is -3.41. The minimum absolute atomic E-state index is 0.0530. The van der Waals surface area contributed by atoms with E-state index in [9.17, 15) is 13.2 Å². The van der Waals surface area contributed by atoms with Gasteiger partial charge in [-0.2, -0.15) is 0 Å². The van der Waals surface area contributed by atoms with Crippen LogP contribution in [0.4, 0.5) is 0 Å². The van der Waals surface area contributed by atoms with E-state index in [0.717, 1.165) is 6.26 Å². The van der Waals surface area contributed by atoms with Crippen LogP contribution in [0.1, 0.15) is 5.56 Å². The molecule has 0 amide bonds. The molecule has 0 aliphatic carbocycles. The summed E-state index contributed by atoms with van der Waals surface area (Å²) in [5.41, 5.74) is 0.389. The maximum absolute atomic E-state index is 11.6. The fraction of sp³-hybridized carbons (Fsp3) is 0.300. The fourth-order valence-electron chi connectivity index (χ4n) is 1.55. The van der Waals surface area contributed by atoms with E-state index in [-0.39, 0.29) is 18.2 Å². The smallest absolute Gasteiger partial charge is 0.235 e. The first-order valence-corrected chi connectivity index (χ1v) is 6.57. The van der Waals surface area contributed by atoms with Crippen molar-refractivity contribution in [3.8, 4) is 11.5 Å². The summed E-state index contributed by atoms with van der Waals surface area (Å²) in [6.07, 6.45) is 2.45. The topological polar surface area (TPSA) is 82.0 Å². The molecule has 0 radical (unpaired) electrons. The van der Waals surface area contributed by atoms with Crippen LogP contribution in [0, 0.1) is 0 Å². The van der Waals surface area contributed by atoms with E-state index in [0.29, 0.717) is 17.1 Å². The van der Waals surface area contributed by atoms with Gasteiger partial charge in [0.2, 0.25) is 12.9 Å². The zero-order valence-corrected chi connectivity index (χ0v) is 9.78.